The van der Waals surface area contributed by atoms with E-state index in [0.717, 1.165) is 22.3 Å². The van der Waals surface area contributed by atoms with Gasteiger partial charge in [0.25, 0.3) is 0 Å². The van der Waals surface area contributed by atoms with Crippen LogP contribution in [0.4, 0.5) is 10.5 Å². The van der Waals surface area contributed by atoms with Gasteiger partial charge in [0.1, 0.15) is 5.76 Å². The normalized spacial score (nSPS) is 10.4. The number of urea groups is 1. The van der Waals surface area contributed by atoms with Crippen molar-refractivity contribution in [2.75, 3.05) is 11.9 Å². The van der Waals surface area contributed by atoms with Gasteiger partial charge < -0.3 is 14.6 Å². The van der Waals surface area contributed by atoms with Crippen molar-refractivity contribution in [2.45, 2.75) is 13.0 Å². The lowest BCUT2D eigenvalue weighted by atomic mass is 10.1. The van der Waals surface area contributed by atoms with Crippen LogP contribution in [0.5, 0.6) is 0 Å². The van der Waals surface area contributed by atoms with Crippen molar-refractivity contribution in [3.8, 4) is 0 Å². The Balaban J connectivity index is 1.70. The Morgan fingerprint density at radius 3 is 2.48 bits per heavy atom. The number of rotatable bonds is 6. The number of benzene rings is 2. The minimum atomic E-state index is -0.153. The van der Waals surface area contributed by atoms with Crippen molar-refractivity contribution in [2.24, 2.45) is 0 Å². The Morgan fingerprint density at radius 2 is 1.76 bits per heavy atom. The van der Waals surface area contributed by atoms with Crippen molar-refractivity contribution in [1.29, 1.82) is 0 Å². The first-order valence-corrected chi connectivity index (χ1v) is 8.88. The molecule has 0 saturated carbocycles. The summed E-state index contributed by atoms with van der Waals surface area (Å²) >= 11 is 3.46. The summed E-state index contributed by atoms with van der Waals surface area (Å²) in [5.74, 6) is 0.760. The number of hydrogen-bond acceptors (Lipinski definition) is 2. The molecule has 3 aromatic rings. The number of anilines is 1. The van der Waals surface area contributed by atoms with Gasteiger partial charge in [-0.15, -0.1) is 0 Å². The standard InChI is InChI=1S/C20H19BrN2O2/c21-18-10-4-5-11-19(18)22-20(24)23(15-17-9-6-14-25-17)13-12-16-7-2-1-3-8-16/h1-11,14H,12-13,15H2,(H,22,24). The Morgan fingerprint density at radius 1 is 1.00 bits per heavy atom. The van der Waals surface area contributed by atoms with Crippen LogP contribution in [0.25, 0.3) is 0 Å². The third-order valence-electron chi connectivity index (χ3n) is 3.84. The monoisotopic (exact) mass is 398 g/mol. The van der Waals surface area contributed by atoms with Crippen molar-refractivity contribution in [3.63, 3.8) is 0 Å². The van der Waals surface area contributed by atoms with Gasteiger partial charge in [-0.1, -0.05) is 42.5 Å². The summed E-state index contributed by atoms with van der Waals surface area (Å²) in [6, 6.07) is 21.3. The highest BCUT2D eigenvalue weighted by molar-refractivity contribution is 9.10. The largest absolute Gasteiger partial charge is 0.467 e. The maximum Gasteiger partial charge on any atom is 0.322 e. The topological polar surface area (TPSA) is 45.5 Å². The number of halogens is 1. The second-order valence-corrected chi connectivity index (χ2v) is 6.50. The minimum Gasteiger partial charge on any atom is -0.467 e. The molecule has 5 heteroatoms. The van der Waals surface area contributed by atoms with Crippen LogP contribution in [0.3, 0.4) is 0 Å². The summed E-state index contributed by atoms with van der Waals surface area (Å²) in [4.78, 5) is 14.5. The van der Waals surface area contributed by atoms with Crippen molar-refractivity contribution in [1.82, 2.24) is 4.90 Å². The summed E-state index contributed by atoms with van der Waals surface area (Å²) < 4.78 is 6.26. The van der Waals surface area contributed by atoms with Crippen LogP contribution >= 0.6 is 15.9 Å². The van der Waals surface area contributed by atoms with Crippen LogP contribution < -0.4 is 5.32 Å². The van der Waals surface area contributed by atoms with Crippen LogP contribution in [0, 0.1) is 0 Å². The molecule has 1 N–H and O–H groups in total. The smallest absolute Gasteiger partial charge is 0.322 e. The van der Waals surface area contributed by atoms with Crippen LogP contribution in [0.15, 0.2) is 81.9 Å². The number of para-hydroxylation sites is 1. The first-order valence-electron chi connectivity index (χ1n) is 8.09. The summed E-state index contributed by atoms with van der Waals surface area (Å²) in [7, 11) is 0. The van der Waals surface area contributed by atoms with Gasteiger partial charge in [-0.05, 0) is 52.2 Å². The van der Waals surface area contributed by atoms with Gasteiger partial charge in [0, 0.05) is 11.0 Å². The number of nitrogens with zero attached hydrogens (tertiary/aromatic N) is 1. The van der Waals surface area contributed by atoms with Crippen molar-refractivity contribution in [3.05, 3.63) is 88.8 Å². The fourth-order valence-corrected chi connectivity index (χ4v) is 2.89. The van der Waals surface area contributed by atoms with Crippen LogP contribution in [0.1, 0.15) is 11.3 Å². The second-order valence-electron chi connectivity index (χ2n) is 5.65. The van der Waals surface area contributed by atoms with E-state index in [9.17, 15) is 4.79 Å². The zero-order valence-electron chi connectivity index (χ0n) is 13.7. The number of carbonyl (C=O) groups excluding carboxylic acids is 1. The second kappa shape index (κ2) is 8.53. The molecule has 0 spiro atoms. The molecule has 3 rings (SSSR count). The predicted octanol–water partition coefficient (Wildman–Crippen LogP) is 5.32. The molecule has 0 atom stereocenters. The SMILES string of the molecule is O=C(Nc1ccccc1Br)N(CCc1ccccc1)Cc1ccco1. The van der Waals surface area contributed by atoms with Crippen LogP contribution in [0.2, 0.25) is 0 Å². The molecule has 0 saturated heterocycles. The zero-order valence-corrected chi connectivity index (χ0v) is 15.3. The van der Waals surface area contributed by atoms with Gasteiger partial charge in [-0.3, -0.25) is 0 Å². The third kappa shape index (κ3) is 4.97. The predicted molar refractivity (Wildman–Crippen MR) is 102 cm³/mol. The van der Waals surface area contributed by atoms with Gasteiger partial charge in [0.15, 0.2) is 0 Å². The van der Waals surface area contributed by atoms with Crippen LogP contribution in [-0.2, 0) is 13.0 Å². The quantitative estimate of drug-likeness (QED) is 0.610. The molecule has 2 amide bonds. The summed E-state index contributed by atoms with van der Waals surface area (Å²) in [6.07, 6.45) is 2.40. The molecule has 0 aliphatic rings. The van der Waals surface area contributed by atoms with E-state index >= 15 is 0 Å². The fourth-order valence-electron chi connectivity index (χ4n) is 2.51. The molecular formula is C20H19BrN2O2. The lowest BCUT2D eigenvalue weighted by Gasteiger charge is -2.22. The highest BCUT2D eigenvalue weighted by atomic mass is 79.9. The number of nitrogens with one attached hydrogen (secondary N) is 1. The molecule has 0 fully saturated rings. The molecule has 1 heterocycles. The molecule has 4 nitrogen and oxygen atoms in total. The Kier molecular flexibility index (Phi) is 5.90. The average Bonchev–Trinajstić information content (AvgIpc) is 3.14. The van der Waals surface area contributed by atoms with Gasteiger partial charge in [-0.2, -0.15) is 0 Å². The first-order chi connectivity index (χ1) is 12.2. The molecule has 0 aliphatic heterocycles. The summed E-state index contributed by atoms with van der Waals surface area (Å²) in [6.45, 7) is 1.02. The van der Waals surface area contributed by atoms with Gasteiger partial charge in [0.05, 0.1) is 18.5 Å². The number of amides is 2. The number of furan rings is 1. The van der Waals surface area contributed by atoms with E-state index in [1.54, 1.807) is 11.2 Å². The Bertz CT molecular complexity index is 804. The lowest BCUT2D eigenvalue weighted by molar-refractivity contribution is 0.205. The first kappa shape index (κ1) is 17.3. The molecule has 1 aromatic heterocycles. The maximum absolute atomic E-state index is 12.8. The fraction of sp³-hybridized carbons (Fsp3) is 0.150. The minimum absolute atomic E-state index is 0.153. The molecule has 0 unspecified atom stereocenters. The molecule has 128 valence electrons. The molecular weight excluding hydrogens is 380 g/mol. The Labute approximate surface area is 155 Å². The highest BCUT2D eigenvalue weighted by Crippen LogP contribution is 2.22. The van der Waals surface area contributed by atoms with E-state index < -0.39 is 0 Å². The van der Waals surface area contributed by atoms with Crippen molar-refractivity contribution >= 4 is 27.6 Å². The summed E-state index contributed by atoms with van der Waals surface area (Å²) in [5.41, 5.74) is 1.94. The molecule has 2 aromatic carbocycles. The van der Waals surface area contributed by atoms with Gasteiger partial charge in [-0.25, -0.2) is 4.79 Å². The molecule has 0 radical (unpaired) electrons. The third-order valence-corrected chi connectivity index (χ3v) is 4.53. The van der Waals surface area contributed by atoms with E-state index in [-0.39, 0.29) is 6.03 Å². The average molecular weight is 399 g/mol. The molecule has 0 aliphatic carbocycles. The lowest BCUT2D eigenvalue weighted by Crippen LogP contribution is -2.36. The van der Waals surface area contributed by atoms with Gasteiger partial charge >= 0.3 is 6.03 Å². The maximum atomic E-state index is 12.8. The van der Waals surface area contributed by atoms with E-state index in [4.69, 9.17) is 4.42 Å². The van der Waals surface area contributed by atoms with E-state index in [0.29, 0.717) is 13.1 Å². The van der Waals surface area contributed by atoms with E-state index in [1.165, 1.54) is 5.56 Å². The zero-order chi connectivity index (χ0) is 17.5. The van der Waals surface area contributed by atoms with E-state index in [2.05, 4.69) is 33.4 Å². The summed E-state index contributed by atoms with van der Waals surface area (Å²) in [5, 5.41) is 2.96. The molecule has 25 heavy (non-hydrogen) atoms. The molecule has 0 bridgehead atoms. The van der Waals surface area contributed by atoms with E-state index in [1.807, 2.05) is 54.6 Å². The highest BCUT2D eigenvalue weighted by Gasteiger charge is 2.16. The van der Waals surface area contributed by atoms with Crippen LogP contribution in [-0.4, -0.2) is 17.5 Å². The number of carbonyl (C=O) groups is 1. The van der Waals surface area contributed by atoms with Crippen molar-refractivity contribution < 1.29 is 9.21 Å². The number of hydrogen-bond donors (Lipinski definition) is 1. The Hall–Kier alpha value is -2.53. The van der Waals surface area contributed by atoms with Gasteiger partial charge in [0.2, 0.25) is 0 Å².